The average Bonchev–Trinajstić information content (AvgIpc) is 1.98. The van der Waals surface area contributed by atoms with Crippen molar-refractivity contribution in [1.29, 1.82) is 0 Å². The summed E-state index contributed by atoms with van der Waals surface area (Å²) in [7, 11) is 0. The standard InChI is InChI=1S/C10H19N/c1-5-6-7-10(11)9(4)8(2)3/h8-10H,7,11H2,1-4H3. The minimum absolute atomic E-state index is 0.238. The lowest BCUT2D eigenvalue weighted by Gasteiger charge is -2.21. The van der Waals surface area contributed by atoms with E-state index in [1.165, 1.54) is 0 Å². The van der Waals surface area contributed by atoms with Crippen molar-refractivity contribution in [3.05, 3.63) is 0 Å². The van der Waals surface area contributed by atoms with Gasteiger partial charge in [0.2, 0.25) is 0 Å². The molecule has 0 radical (unpaired) electrons. The van der Waals surface area contributed by atoms with Gasteiger partial charge in [0.05, 0.1) is 0 Å². The van der Waals surface area contributed by atoms with Crippen LogP contribution in [-0.2, 0) is 0 Å². The van der Waals surface area contributed by atoms with E-state index >= 15 is 0 Å². The molecule has 0 rings (SSSR count). The highest BCUT2D eigenvalue weighted by Crippen LogP contribution is 2.14. The van der Waals surface area contributed by atoms with Crippen LogP contribution in [-0.4, -0.2) is 6.04 Å². The highest BCUT2D eigenvalue weighted by molar-refractivity contribution is 4.98. The van der Waals surface area contributed by atoms with Crippen molar-refractivity contribution in [2.45, 2.75) is 40.2 Å². The van der Waals surface area contributed by atoms with E-state index in [1.807, 2.05) is 6.92 Å². The van der Waals surface area contributed by atoms with Crippen molar-refractivity contribution in [2.24, 2.45) is 17.6 Å². The lowest BCUT2D eigenvalue weighted by Crippen LogP contribution is -2.30. The van der Waals surface area contributed by atoms with Crippen LogP contribution in [0.2, 0.25) is 0 Å². The first-order valence-corrected chi connectivity index (χ1v) is 4.24. The van der Waals surface area contributed by atoms with E-state index in [9.17, 15) is 0 Å². The Balaban J connectivity index is 3.78. The third kappa shape index (κ3) is 4.06. The summed E-state index contributed by atoms with van der Waals surface area (Å²) in [6, 6.07) is 0.238. The molecular weight excluding hydrogens is 134 g/mol. The van der Waals surface area contributed by atoms with Gasteiger partial charge in [-0.05, 0) is 18.8 Å². The van der Waals surface area contributed by atoms with Crippen LogP contribution in [0.4, 0.5) is 0 Å². The molecule has 0 aliphatic heterocycles. The van der Waals surface area contributed by atoms with Crippen LogP contribution >= 0.6 is 0 Å². The van der Waals surface area contributed by atoms with Crippen molar-refractivity contribution in [2.75, 3.05) is 0 Å². The van der Waals surface area contributed by atoms with Crippen molar-refractivity contribution >= 4 is 0 Å². The van der Waals surface area contributed by atoms with Gasteiger partial charge in [0.25, 0.3) is 0 Å². The molecule has 64 valence electrons. The highest BCUT2D eigenvalue weighted by Gasteiger charge is 2.14. The van der Waals surface area contributed by atoms with E-state index in [2.05, 4.69) is 32.6 Å². The normalized spacial score (nSPS) is 15.5. The molecule has 0 saturated carbocycles. The van der Waals surface area contributed by atoms with Crippen molar-refractivity contribution < 1.29 is 0 Å². The number of rotatable bonds is 3. The zero-order valence-corrected chi connectivity index (χ0v) is 8.02. The molecule has 0 fully saturated rings. The molecule has 1 nitrogen and oxygen atoms in total. The zero-order valence-electron chi connectivity index (χ0n) is 8.02. The number of hydrogen-bond donors (Lipinski definition) is 1. The van der Waals surface area contributed by atoms with Crippen LogP contribution in [0.3, 0.4) is 0 Å². The Labute approximate surface area is 70.4 Å². The molecule has 0 aliphatic rings. The van der Waals surface area contributed by atoms with Gasteiger partial charge in [-0.25, -0.2) is 0 Å². The van der Waals surface area contributed by atoms with Gasteiger partial charge in [-0.1, -0.05) is 20.8 Å². The molecule has 0 aromatic carbocycles. The molecule has 0 aromatic heterocycles. The summed E-state index contributed by atoms with van der Waals surface area (Å²) in [5, 5.41) is 0. The number of hydrogen-bond acceptors (Lipinski definition) is 1. The largest absolute Gasteiger partial charge is 0.327 e. The smallest absolute Gasteiger partial charge is 0.0243 e. The zero-order chi connectivity index (χ0) is 8.85. The van der Waals surface area contributed by atoms with Crippen LogP contribution in [0.15, 0.2) is 0 Å². The summed E-state index contributed by atoms with van der Waals surface area (Å²) in [6.45, 7) is 8.44. The summed E-state index contributed by atoms with van der Waals surface area (Å²) >= 11 is 0. The van der Waals surface area contributed by atoms with Gasteiger partial charge in [0, 0.05) is 12.5 Å². The Morgan fingerprint density at radius 2 is 1.82 bits per heavy atom. The molecule has 2 unspecified atom stereocenters. The van der Waals surface area contributed by atoms with Crippen molar-refractivity contribution in [1.82, 2.24) is 0 Å². The Morgan fingerprint density at radius 3 is 2.18 bits per heavy atom. The van der Waals surface area contributed by atoms with Gasteiger partial charge in [-0.2, -0.15) is 0 Å². The summed E-state index contributed by atoms with van der Waals surface area (Å²) in [4.78, 5) is 0. The summed E-state index contributed by atoms with van der Waals surface area (Å²) in [6.07, 6.45) is 0.829. The van der Waals surface area contributed by atoms with Gasteiger partial charge >= 0.3 is 0 Å². The molecule has 0 amide bonds. The topological polar surface area (TPSA) is 26.0 Å². The SMILES string of the molecule is CC#CCC(N)C(C)C(C)C. The molecule has 0 bridgehead atoms. The first-order valence-electron chi connectivity index (χ1n) is 4.24. The van der Waals surface area contributed by atoms with E-state index in [4.69, 9.17) is 5.73 Å². The van der Waals surface area contributed by atoms with E-state index < -0.39 is 0 Å². The predicted molar refractivity (Wildman–Crippen MR) is 50.0 cm³/mol. The van der Waals surface area contributed by atoms with Gasteiger partial charge < -0.3 is 5.73 Å². The second kappa shape index (κ2) is 5.21. The van der Waals surface area contributed by atoms with Gasteiger partial charge in [-0.3, -0.25) is 0 Å². The first-order chi connectivity index (χ1) is 5.09. The summed E-state index contributed by atoms with van der Waals surface area (Å²) in [5.41, 5.74) is 5.90. The summed E-state index contributed by atoms with van der Waals surface area (Å²) in [5.74, 6) is 7.09. The second-order valence-corrected chi connectivity index (χ2v) is 3.40. The van der Waals surface area contributed by atoms with Crippen LogP contribution in [0, 0.1) is 23.7 Å². The molecule has 0 saturated heterocycles. The maximum absolute atomic E-state index is 5.90. The fourth-order valence-corrected chi connectivity index (χ4v) is 0.900. The molecule has 2 atom stereocenters. The molecule has 11 heavy (non-hydrogen) atoms. The quantitative estimate of drug-likeness (QED) is 0.617. The highest BCUT2D eigenvalue weighted by atomic mass is 14.6. The van der Waals surface area contributed by atoms with Crippen LogP contribution < -0.4 is 5.73 Å². The van der Waals surface area contributed by atoms with E-state index in [1.54, 1.807) is 0 Å². The lowest BCUT2D eigenvalue weighted by molar-refractivity contribution is 0.350. The third-order valence-electron chi connectivity index (χ3n) is 2.24. The number of nitrogens with two attached hydrogens (primary N) is 1. The van der Waals surface area contributed by atoms with Crippen molar-refractivity contribution in [3.63, 3.8) is 0 Å². The van der Waals surface area contributed by atoms with Crippen LogP contribution in [0.25, 0.3) is 0 Å². The first kappa shape index (κ1) is 10.5. The molecule has 0 spiro atoms. The molecule has 2 N–H and O–H groups in total. The fraction of sp³-hybridized carbons (Fsp3) is 0.800. The minimum Gasteiger partial charge on any atom is -0.327 e. The summed E-state index contributed by atoms with van der Waals surface area (Å²) < 4.78 is 0. The second-order valence-electron chi connectivity index (χ2n) is 3.40. The third-order valence-corrected chi connectivity index (χ3v) is 2.24. The monoisotopic (exact) mass is 153 g/mol. The van der Waals surface area contributed by atoms with Crippen molar-refractivity contribution in [3.8, 4) is 11.8 Å². The molecule has 0 heterocycles. The van der Waals surface area contributed by atoms with Crippen LogP contribution in [0.5, 0.6) is 0 Å². The average molecular weight is 153 g/mol. The fourth-order valence-electron chi connectivity index (χ4n) is 0.900. The molecule has 1 heteroatoms. The Bertz CT molecular complexity index is 150. The Morgan fingerprint density at radius 1 is 1.27 bits per heavy atom. The maximum atomic E-state index is 5.90. The van der Waals surface area contributed by atoms with E-state index in [-0.39, 0.29) is 6.04 Å². The molecule has 0 aliphatic carbocycles. The Hall–Kier alpha value is -0.480. The van der Waals surface area contributed by atoms with Crippen LogP contribution in [0.1, 0.15) is 34.1 Å². The minimum atomic E-state index is 0.238. The maximum Gasteiger partial charge on any atom is 0.0243 e. The van der Waals surface area contributed by atoms with Gasteiger partial charge in [-0.15, -0.1) is 11.8 Å². The lowest BCUT2D eigenvalue weighted by atomic mass is 9.89. The Kier molecular flexibility index (Phi) is 4.98. The molecular formula is C10H19N. The van der Waals surface area contributed by atoms with Gasteiger partial charge in [0.1, 0.15) is 0 Å². The predicted octanol–water partition coefficient (Wildman–Crippen LogP) is 2.02. The van der Waals surface area contributed by atoms with Gasteiger partial charge in [0.15, 0.2) is 0 Å². The molecule has 0 aromatic rings. The van der Waals surface area contributed by atoms with E-state index in [0.717, 1.165) is 6.42 Å². The van der Waals surface area contributed by atoms with E-state index in [0.29, 0.717) is 11.8 Å².